The lowest BCUT2D eigenvalue weighted by Crippen LogP contribution is -3.09. The summed E-state index contributed by atoms with van der Waals surface area (Å²) in [5, 5.41) is 12.8. The zero-order valence-electron chi connectivity index (χ0n) is 16.5. The number of nitrogens with zero attached hydrogens (tertiary/aromatic N) is 4. The summed E-state index contributed by atoms with van der Waals surface area (Å²) in [7, 11) is 0. The van der Waals surface area contributed by atoms with Gasteiger partial charge in [-0.05, 0) is 28.8 Å². The Kier molecular flexibility index (Phi) is 6.45. The van der Waals surface area contributed by atoms with E-state index < -0.39 is 0 Å². The highest BCUT2D eigenvalue weighted by atomic mass is 15.6. The second-order valence-corrected chi connectivity index (χ2v) is 7.91. The van der Waals surface area contributed by atoms with Crippen LogP contribution in [-0.2, 0) is 19.5 Å². The highest BCUT2D eigenvalue weighted by Crippen LogP contribution is 2.27. The molecule has 0 spiro atoms. The summed E-state index contributed by atoms with van der Waals surface area (Å²) in [5.74, 6) is 1.03. The highest BCUT2D eigenvalue weighted by molar-refractivity contribution is 5.15. The quantitative estimate of drug-likeness (QED) is 0.657. The molecule has 1 heterocycles. The number of rotatable bonds is 8. The van der Waals surface area contributed by atoms with Gasteiger partial charge in [0, 0.05) is 12.0 Å². The third-order valence-corrected chi connectivity index (χ3v) is 5.80. The second kappa shape index (κ2) is 9.60. The topological polar surface area (TPSA) is 48.0 Å². The SMILES string of the molecule is c1ccc(CC[NH+](Cc2ccccc2)Cc2nnnn2C2CCCCC2)cc1. The van der Waals surface area contributed by atoms with Crippen molar-refractivity contribution in [1.29, 1.82) is 0 Å². The number of tetrazole rings is 1. The molecule has 3 aromatic rings. The Morgan fingerprint density at radius 2 is 1.50 bits per heavy atom. The number of quaternary nitrogens is 1. The fourth-order valence-corrected chi connectivity index (χ4v) is 4.25. The summed E-state index contributed by atoms with van der Waals surface area (Å²) in [4.78, 5) is 1.50. The van der Waals surface area contributed by atoms with E-state index in [0.717, 1.165) is 31.9 Å². The number of hydrogen-bond donors (Lipinski definition) is 1. The Bertz CT molecular complexity index is 824. The van der Waals surface area contributed by atoms with E-state index >= 15 is 0 Å². The molecule has 1 aromatic heterocycles. The third-order valence-electron chi connectivity index (χ3n) is 5.80. The van der Waals surface area contributed by atoms with Gasteiger partial charge in [0.25, 0.3) is 0 Å². The van der Waals surface area contributed by atoms with Gasteiger partial charge in [-0.1, -0.05) is 79.9 Å². The maximum absolute atomic E-state index is 4.41. The van der Waals surface area contributed by atoms with Crippen molar-refractivity contribution in [3.8, 4) is 0 Å². The van der Waals surface area contributed by atoms with Crippen LogP contribution in [0.15, 0.2) is 60.7 Å². The first kappa shape index (κ1) is 18.8. The number of hydrogen-bond acceptors (Lipinski definition) is 3. The van der Waals surface area contributed by atoms with Crippen LogP contribution in [0.1, 0.15) is 55.1 Å². The molecule has 0 aliphatic heterocycles. The van der Waals surface area contributed by atoms with Gasteiger partial charge in [-0.25, -0.2) is 4.68 Å². The standard InChI is InChI=1S/C23H29N5/c1-4-10-20(11-5-1)16-17-27(18-21-12-6-2-7-13-21)19-23-24-25-26-28(23)22-14-8-3-9-15-22/h1-2,4-7,10-13,22H,3,8-9,14-19H2/p+1. The molecule has 146 valence electrons. The predicted octanol–water partition coefficient (Wildman–Crippen LogP) is 3.01. The summed E-state index contributed by atoms with van der Waals surface area (Å²) in [6.45, 7) is 2.92. The van der Waals surface area contributed by atoms with Gasteiger partial charge >= 0.3 is 0 Å². The maximum atomic E-state index is 4.41. The second-order valence-electron chi connectivity index (χ2n) is 7.91. The zero-order valence-corrected chi connectivity index (χ0v) is 16.5. The maximum Gasteiger partial charge on any atom is 0.206 e. The molecule has 1 atom stereocenters. The van der Waals surface area contributed by atoms with Crippen molar-refractivity contribution in [2.75, 3.05) is 6.54 Å². The van der Waals surface area contributed by atoms with E-state index in [9.17, 15) is 0 Å². The lowest BCUT2D eigenvalue weighted by Gasteiger charge is -2.24. The van der Waals surface area contributed by atoms with Gasteiger partial charge in [-0.2, -0.15) is 0 Å². The van der Waals surface area contributed by atoms with Crippen molar-refractivity contribution in [3.63, 3.8) is 0 Å². The molecule has 0 amide bonds. The van der Waals surface area contributed by atoms with Gasteiger partial charge in [0.05, 0.1) is 12.6 Å². The van der Waals surface area contributed by atoms with Crippen LogP contribution >= 0.6 is 0 Å². The summed E-state index contributed by atoms with van der Waals surface area (Å²) in [6.07, 6.45) is 7.40. The summed E-state index contributed by atoms with van der Waals surface area (Å²) >= 11 is 0. The third kappa shape index (κ3) is 5.04. The Hall–Kier alpha value is -2.53. The van der Waals surface area contributed by atoms with Gasteiger partial charge in [-0.3, -0.25) is 0 Å². The van der Waals surface area contributed by atoms with Gasteiger partial charge in [0.1, 0.15) is 13.1 Å². The average Bonchev–Trinajstić information content (AvgIpc) is 3.22. The normalized spacial score (nSPS) is 16.1. The smallest absolute Gasteiger partial charge is 0.206 e. The number of aromatic nitrogens is 4. The molecule has 1 N–H and O–H groups in total. The van der Waals surface area contributed by atoms with Crippen molar-refractivity contribution in [2.45, 2.75) is 57.7 Å². The van der Waals surface area contributed by atoms with Crippen LogP contribution in [0, 0.1) is 0 Å². The molecule has 1 unspecified atom stereocenters. The van der Waals surface area contributed by atoms with Crippen molar-refractivity contribution in [1.82, 2.24) is 20.2 Å². The van der Waals surface area contributed by atoms with Gasteiger partial charge < -0.3 is 4.90 Å². The zero-order chi connectivity index (χ0) is 19.0. The molecular formula is C23H30N5+. The molecule has 4 rings (SSSR count). The van der Waals surface area contributed by atoms with E-state index in [1.807, 2.05) is 0 Å². The van der Waals surface area contributed by atoms with Gasteiger partial charge in [0.15, 0.2) is 0 Å². The molecular weight excluding hydrogens is 346 g/mol. The van der Waals surface area contributed by atoms with Crippen molar-refractivity contribution >= 4 is 0 Å². The van der Waals surface area contributed by atoms with Crippen molar-refractivity contribution < 1.29 is 4.90 Å². The van der Waals surface area contributed by atoms with E-state index in [1.54, 1.807) is 0 Å². The Morgan fingerprint density at radius 1 is 0.821 bits per heavy atom. The van der Waals surface area contributed by atoms with Crippen molar-refractivity contribution in [2.24, 2.45) is 0 Å². The Morgan fingerprint density at radius 3 is 2.21 bits per heavy atom. The monoisotopic (exact) mass is 376 g/mol. The molecule has 0 bridgehead atoms. The number of nitrogens with one attached hydrogen (secondary N) is 1. The number of benzene rings is 2. The van der Waals surface area contributed by atoms with E-state index in [2.05, 4.69) is 80.9 Å². The average molecular weight is 377 g/mol. The summed E-state index contributed by atoms with van der Waals surface area (Å²) in [5.41, 5.74) is 2.75. The van der Waals surface area contributed by atoms with E-state index in [1.165, 1.54) is 48.1 Å². The Balaban J connectivity index is 1.47. The molecule has 5 nitrogen and oxygen atoms in total. The van der Waals surface area contributed by atoms with Crippen LogP contribution in [0.4, 0.5) is 0 Å². The predicted molar refractivity (Wildman–Crippen MR) is 110 cm³/mol. The molecule has 1 fully saturated rings. The Labute approximate surface area is 167 Å². The first-order valence-corrected chi connectivity index (χ1v) is 10.6. The molecule has 1 aliphatic carbocycles. The van der Waals surface area contributed by atoms with E-state index in [-0.39, 0.29) is 0 Å². The minimum atomic E-state index is 0.478. The first-order valence-electron chi connectivity index (χ1n) is 10.6. The fourth-order valence-electron chi connectivity index (χ4n) is 4.25. The molecule has 1 saturated carbocycles. The van der Waals surface area contributed by atoms with Gasteiger partial charge in [-0.15, -0.1) is 5.10 Å². The van der Waals surface area contributed by atoms with Crippen LogP contribution in [-0.4, -0.2) is 26.8 Å². The van der Waals surface area contributed by atoms with Crippen LogP contribution in [0.2, 0.25) is 0 Å². The van der Waals surface area contributed by atoms with Crippen LogP contribution < -0.4 is 4.90 Å². The fraction of sp³-hybridized carbons (Fsp3) is 0.435. The summed E-state index contributed by atoms with van der Waals surface area (Å²) in [6, 6.07) is 22.0. The lowest BCUT2D eigenvalue weighted by atomic mass is 9.95. The molecule has 28 heavy (non-hydrogen) atoms. The molecule has 0 saturated heterocycles. The van der Waals surface area contributed by atoms with Crippen LogP contribution in [0.25, 0.3) is 0 Å². The molecule has 1 aliphatic rings. The van der Waals surface area contributed by atoms with Gasteiger partial charge in [0.2, 0.25) is 5.82 Å². The lowest BCUT2D eigenvalue weighted by molar-refractivity contribution is -0.928. The minimum Gasteiger partial charge on any atom is -0.325 e. The van der Waals surface area contributed by atoms with E-state index in [4.69, 9.17) is 0 Å². The first-order chi connectivity index (χ1) is 13.9. The summed E-state index contributed by atoms with van der Waals surface area (Å²) < 4.78 is 2.12. The van der Waals surface area contributed by atoms with Crippen LogP contribution in [0.3, 0.4) is 0 Å². The largest absolute Gasteiger partial charge is 0.325 e. The van der Waals surface area contributed by atoms with E-state index in [0.29, 0.717) is 6.04 Å². The highest BCUT2D eigenvalue weighted by Gasteiger charge is 2.23. The molecule has 0 radical (unpaired) electrons. The molecule has 5 heteroatoms. The minimum absolute atomic E-state index is 0.478. The van der Waals surface area contributed by atoms with Crippen molar-refractivity contribution in [3.05, 3.63) is 77.6 Å². The van der Waals surface area contributed by atoms with Crippen LogP contribution in [0.5, 0.6) is 0 Å². The molecule has 2 aromatic carbocycles.